The lowest BCUT2D eigenvalue weighted by atomic mass is 9.88. The van der Waals surface area contributed by atoms with Gasteiger partial charge in [-0.15, -0.1) is 0 Å². The summed E-state index contributed by atoms with van der Waals surface area (Å²) in [5.41, 5.74) is 3.04. The molecule has 1 aliphatic carbocycles. The molecule has 0 aromatic heterocycles. The van der Waals surface area contributed by atoms with Crippen LogP contribution in [0.15, 0.2) is 22.3 Å². The molecule has 1 heterocycles. The largest absolute Gasteiger partial charge is 0.465 e. The van der Waals surface area contributed by atoms with Crippen LogP contribution in [0.1, 0.15) is 26.7 Å². The van der Waals surface area contributed by atoms with E-state index in [2.05, 4.69) is 5.32 Å². The average Bonchev–Trinajstić information content (AvgIpc) is 2.75. The molecule has 0 bridgehead atoms. The highest BCUT2D eigenvalue weighted by molar-refractivity contribution is 6.02. The number of carbonyl (C=O) groups is 2. The lowest BCUT2D eigenvalue weighted by Crippen LogP contribution is -2.43. The first kappa shape index (κ1) is 14.8. The number of rotatable bonds is 5. The van der Waals surface area contributed by atoms with Crippen LogP contribution in [0, 0.1) is 5.92 Å². The molecule has 110 valence electrons. The highest BCUT2D eigenvalue weighted by Gasteiger charge is 2.37. The third-order valence-electron chi connectivity index (χ3n) is 3.89. The smallest absolute Gasteiger partial charge is 0.338 e. The predicted molar refractivity (Wildman–Crippen MR) is 74.0 cm³/mol. The Balaban J connectivity index is 2.37. The molecule has 2 rings (SSSR count). The molecule has 0 amide bonds. The molecule has 5 heteroatoms. The first-order valence-electron chi connectivity index (χ1n) is 7.05. The second-order valence-corrected chi connectivity index (χ2v) is 4.95. The fourth-order valence-corrected chi connectivity index (χ4v) is 2.77. The van der Waals surface area contributed by atoms with E-state index >= 15 is 0 Å². The molecule has 20 heavy (non-hydrogen) atoms. The van der Waals surface area contributed by atoms with Crippen LogP contribution in [-0.2, 0) is 19.1 Å². The van der Waals surface area contributed by atoms with E-state index in [0.29, 0.717) is 36.5 Å². The van der Waals surface area contributed by atoms with Gasteiger partial charge in [-0.25, -0.2) is 9.59 Å². The first-order valence-corrected chi connectivity index (χ1v) is 7.05. The molecular weight excluding hydrogens is 258 g/mol. The molecule has 1 N–H and O–H groups in total. The zero-order valence-corrected chi connectivity index (χ0v) is 12.2. The van der Waals surface area contributed by atoms with Gasteiger partial charge in [0.2, 0.25) is 0 Å². The molecule has 5 nitrogen and oxygen atoms in total. The quantitative estimate of drug-likeness (QED) is 0.770. The van der Waals surface area contributed by atoms with Crippen molar-refractivity contribution in [3.63, 3.8) is 0 Å². The Hall–Kier alpha value is -1.62. The van der Waals surface area contributed by atoms with Gasteiger partial charge >= 0.3 is 11.9 Å². The van der Waals surface area contributed by atoms with Gasteiger partial charge in [0.25, 0.3) is 0 Å². The van der Waals surface area contributed by atoms with Gasteiger partial charge in [-0.05, 0) is 24.5 Å². The van der Waals surface area contributed by atoms with E-state index in [9.17, 15) is 9.59 Å². The van der Waals surface area contributed by atoms with Crippen LogP contribution in [0.25, 0.3) is 0 Å². The van der Waals surface area contributed by atoms with Crippen molar-refractivity contribution in [1.82, 2.24) is 5.32 Å². The minimum atomic E-state index is -0.344. The Morgan fingerprint density at radius 1 is 1.25 bits per heavy atom. The summed E-state index contributed by atoms with van der Waals surface area (Å²) in [4.78, 5) is 24.1. The van der Waals surface area contributed by atoms with Crippen LogP contribution in [0.3, 0.4) is 0 Å². The van der Waals surface area contributed by atoms with E-state index in [-0.39, 0.29) is 11.9 Å². The van der Waals surface area contributed by atoms with Crippen LogP contribution in [0.4, 0.5) is 0 Å². The fraction of sp³-hybridized carbons (Fsp3) is 0.600. The number of methoxy groups -OCH3 is 1. The van der Waals surface area contributed by atoms with E-state index in [1.54, 1.807) is 6.92 Å². The van der Waals surface area contributed by atoms with Crippen LogP contribution in [-0.4, -0.2) is 38.7 Å². The van der Waals surface area contributed by atoms with Gasteiger partial charge in [0, 0.05) is 31.0 Å². The highest BCUT2D eigenvalue weighted by Crippen LogP contribution is 2.40. The fourth-order valence-electron chi connectivity index (χ4n) is 2.77. The van der Waals surface area contributed by atoms with Gasteiger partial charge in [0.15, 0.2) is 0 Å². The van der Waals surface area contributed by atoms with Gasteiger partial charge < -0.3 is 14.8 Å². The zero-order chi connectivity index (χ0) is 14.7. The maximum absolute atomic E-state index is 12.1. The minimum absolute atomic E-state index is 0.312. The van der Waals surface area contributed by atoms with Crippen molar-refractivity contribution < 1.29 is 19.1 Å². The third kappa shape index (κ3) is 2.50. The molecule has 0 spiro atoms. The maximum Gasteiger partial charge on any atom is 0.338 e. The molecule has 1 saturated heterocycles. The highest BCUT2D eigenvalue weighted by atomic mass is 16.5. The molecule has 0 unspecified atom stereocenters. The van der Waals surface area contributed by atoms with E-state index in [4.69, 9.17) is 9.47 Å². The van der Waals surface area contributed by atoms with Crippen molar-refractivity contribution >= 4 is 11.9 Å². The normalized spacial score (nSPS) is 19.1. The molecule has 0 aromatic carbocycles. The van der Waals surface area contributed by atoms with Crippen LogP contribution >= 0.6 is 0 Å². The lowest BCUT2D eigenvalue weighted by Gasteiger charge is -2.29. The second kappa shape index (κ2) is 6.22. The Morgan fingerprint density at radius 3 is 2.40 bits per heavy atom. The summed E-state index contributed by atoms with van der Waals surface area (Å²) < 4.78 is 10.0. The molecule has 1 fully saturated rings. The molecule has 0 saturated carbocycles. The zero-order valence-electron chi connectivity index (χ0n) is 12.2. The average molecular weight is 279 g/mol. The minimum Gasteiger partial charge on any atom is -0.465 e. The number of nitrogens with one attached hydrogen (secondary N) is 1. The first-order chi connectivity index (χ1) is 9.63. The van der Waals surface area contributed by atoms with E-state index < -0.39 is 0 Å². The molecular formula is C15H21NO4. The number of hydrogen-bond donors (Lipinski definition) is 1. The second-order valence-electron chi connectivity index (χ2n) is 4.95. The topological polar surface area (TPSA) is 64.6 Å². The standard InChI is InChI=1S/C15H21NO4/c1-4-10-12(14(17)20-5-2)6-11(9-7-16-8-9)13(10)15(18)19-3/h9,16H,4-8H2,1-3H3. The maximum atomic E-state index is 12.1. The van der Waals surface area contributed by atoms with E-state index in [1.165, 1.54) is 7.11 Å². The van der Waals surface area contributed by atoms with Crippen molar-refractivity contribution in [2.45, 2.75) is 26.7 Å². The number of esters is 2. The predicted octanol–water partition coefficient (Wildman–Crippen LogP) is 1.35. The Bertz CT molecular complexity index is 486. The summed E-state index contributed by atoms with van der Waals surface area (Å²) in [6.07, 6.45) is 1.14. The number of carbonyl (C=O) groups excluding carboxylic acids is 2. The Morgan fingerprint density at radius 2 is 1.95 bits per heavy atom. The molecule has 1 aliphatic heterocycles. The Labute approximate surface area is 119 Å². The molecule has 0 radical (unpaired) electrons. The third-order valence-corrected chi connectivity index (χ3v) is 3.89. The van der Waals surface area contributed by atoms with E-state index in [1.807, 2.05) is 6.92 Å². The summed E-state index contributed by atoms with van der Waals surface area (Å²) in [5.74, 6) is -0.339. The van der Waals surface area contributed by atoms with Gasteiger partial charge in [-0.1, -0.05) is 6.92 Å². The van der Waals surface area contributed by atoms with Crippen molar-refractivity contribution in [2.75, 3.05) is 26.8 Å². The monoisotopic (exact) mass is 279 g/mol. The summed E-state index contributed by atoms with van der Waals surface area (Å²) in [6, 6.07) is 0. The summed E-state index contributed by atoms with van der Waals surface area (Å²) in [5, 5.41) is 3.20. The number of ether oxygens (including phenoxy) is 2. The van der Waals surface area contributed by atoms with E-state index in [0.717, 1.165) is 24.2 Å². The van der Waals surface area contributed by atoms with Crippen molar-refractivity contribution in [2.24, 2.45) is 5.92 Å². The number of hydrogen-bond acceptors (Lipinski definition) is 5. The van der Waals surface area contributed by atoms with Crippen LogP contribution in [0.5, 0.6) is 0 Å². The van der Waals surface area contributed by atoms with Gasteiger partial charge in [-0.2, -0.15) is 0 Å². The van der Waals surface area contributed by atoms with Gasteiger partial charge in [0.1, 0.15) is 0 Å². The van der Waals surface area contributed by atoms with Crippen molar-refractivity contribution in [1.29, 1.82) is 0 Å². The SMILES string of the molecule is CCOC(=O)C1=C(CC)C(C(=O)OC)=C(C2CNC2)C1. The lowest BCUT2D eigenvalue weighted by molar-refractivity contribution is -0.138. The summed E-state index contributed by atoms with van der Waals surface area (Å²) in [7, 11) is 1.38. The summed E-state index contributed by atoms with van der Waals surface area (Å²) in [6.45, 7) is 5.77. The van der Waals surface area contributed by atoms with Crippen molar-refractivity contribution in [3.8, 4) is 0 Å². The molecule has 2 aliphatic rings. The molecule has 0 aromatic rings. The van der Waals surface area contributed by atoms with Crippen LogP contribution in [0.2, 0.25) is 0 Å². The molecule has 0 atom stereocenters. The van der Waals surface area contributed by atoms with Crippen LogP contribution < -0.4 is 5.32 Å². The van der Waals surface area contributed by atoms with Gasteiger partial charge in [-0.3, -0.25) is 0 Å². The Kier molecular flexibility index (Phi) is 4.60. The van der Waals surface area contributed by atoms with Crippen molar-refractivity contribution in [3.05, 3.63) is 22.3 Å². The summed E-state index contributed by atoms with van der Waals surface area (Å²) >= 11 is 0. The van der Waals surface area contributed by atoms with Gasteiger partial charge in [0.05, 0.1) is 19.3 Å².